The largest absolute Gasteiger partial charge is 0.493 e. The second-order valence-corrected chi connectivity index (χ2v) is 12.1. The summed E-state index contributed by atoms with van der Waals surface area (Å²) < 4.78 is 12.6. The Balaban J connectivity index is 1.81. The van der Waals surface area contributed by atoms with Gasteiger partial charge in [0.1, 0.15) is 17.3 Å². The van der Waals surface area contributed by atoms with Gasteiger partial charge in [-0.3, -0.25) is 9.59 Å². The number of rotatable bonds is 7. The minimum atomic E-state index is -0.490. The molecule has 0 radical (unpaired) electrons. The third kappa shape index (κ3) is 5.12. The van der Waals surface area contributed by atoms with Gasteiger partial charge in [-0.1, -0.05) is 65.5 Å². The van der Waals surface area contributed by atoms with Gasteiger partial charge in [-0.2, -0.15) is 0 Å². The summed E-state index contributed by atoms with van der Waals surface area (Å²) in [6.07, 6.45) is 6.63. The monoisotopic (exact) mass is 484 g/mol. The van der Waals surface area contributed by atoms with E-state index in [0.717, 1.165) is 18.4 Å². The lowest BCUT2D eigenvalue weighted by molar-refractivity contribution is -0.120. The molecule has 1 aromatic carbocycles. The molecule has 5 heteroatoms. The van der Waals surface area contributed by atoms with Crippen LogP contribution in [0.5, 0.6) is 5.75 Å². The Labute approximate surface area is 208 Å². The molecule has 0 atom stereocenters. The number of ketones is 2. The number of carbonyl (C=O) groups is 2. The molecule has 2 aliphatic carbocycles. The fourth-order valence-corrected chi connectivity index (χ4v) is 5.75. The fraction of sp³-hybridized carbons (Fsp3) is 0.586. The Bertz CT molecular complexity index is 1010. The molecule has 1 heterocycles. The summed E-state index contributed by atoms with van der Waals surface area (Å²) in [6, 6.07) is 5.56. The molecule has 0 bridgehead atoms. The summed E-state index contributed by atoms with van der Waals surface area (Å²) in [7, 11) is 0. The van der Waals surface area contributed by atoms with Gasteiger partial charge >= 0.3 is 0 Å². The highest BCUT2D eigenvalue weighted by atomic mass is 35.5. The van der Waals surface area contributed by atoms with Gasteiger partial charge < -0.3 is 9.47 Å². The first-order valence-electron chi connectivity index (χ1n) is 12.6. The number of hydrogen-bond donors (Lipinski definition) is 0. The molecule has 1 aromatic rings. The molecule has 0 saturated carbocycles. The van der Waals surface area contributed by atoms with Crippen molar-refractivity contribution in [2.45, 2.75) is 91.9 Å². The number of Topliss-reactive ketones (excluding diaryl/α,β-unsaturated/α-hetero) is 2. The highest BCUT2D eigenvalue weighted by Crippen LogP contribution is 2.54. The van der Waals surface area contributed by atoms with Crippen LogP contribution in [-0.4, -0.2) is 18.2 Å². The highest BCUT2D eigenvalue weighted by Gasteiger charge is 2.48. The number of unbranched alkanes of at least 4 members (excludes halogenated alkanes) is 3. The van der Waals surface area contributed by atoms with Crippen LogP contribution in [0.15, 0.2) is 40.9 Å². The average Bonchev–Trinajstić information content (AvgIpc) is 2.71. The van der Waals surface area contributed by atoms with E-state index < -0.39 is 5.92 Å². The number of hydrogen-bond acceptors (Lipinski definition) is 4. The zero-order valence-electron chi connectivity index (χ0n) is 21.2. The van der Waals surface area contributed by atoms with E-state index in [0.29, 0.717) is 65.7 Å². The predicted molar refractivity (Wildman–Crippen MR) is 135 cm³/mol. The number of ether oxygens (including phenoxy) is 2. The molecule has 0 fully saturated rings. The Morgan fingerprint density at radius 2 is 1.50 bits per heavy atom. The van der Waals surface area contributed by atoms with Crippen molar-refractivity contribution in [1.82, 2.24) is 0 Å². The standard InChI is InChI=1S/C29H37ClO4/c1-6-7-8-9-12-33-22-11-10-18(30)13-19(22)25-26-20(31)14-28(2,3)16-23(26)34-24-17-29(4,5)15-21(32)27(24)25/h10-11,13,25H,6-9,12,14-17H2,1-5H3. The van der Waals surface area contributed by atoms with Crippen molar-refractivity contribution >= 4 is 23.2 Å². The van der Waals surface area contributed by atoms with Gasteiger partial charge in [0.25, 0.3) is 0 Å². The van der Waals surface area contributed by atoms with Gasteiger partial charge in [0.2, 0.25) is 0 Å². The van der Waals surface area contributed by atoms with Crippen molar-refractivity contribution in [3.05, 3.63) is 51.4 Å². The Morgan fingerprint density at radius 3 is 2.06 bits per heavy atom. The minimum absolute atomic E-state index is 0.0503. The van der Waals surface area contributed by atoms with Gasteiger partial charge in [-0.25, -0.2) is 0 Å². The molecule has 0 unspecified atom stereocenters. The predicted octanol–water partition coefficient (Wildman–Crippen LogP) is 7.70. The van der Waals surface area contributed by atoms with E-state index >= 15 is 0 Å². The normalized spacial score (nSPS) is 21.8. The first-order chi connectivity index (χ1) is 16.0. The van der Waals surface area contributed by atoms with Gasteiger partial charge in [0, 0.05) is 47.4 Å². The van der Waals surface area contributed by atoms with Gasteiger partial charge in [0.15, 0.2) is 11.6 Å². The number of carbonyl (C=O) groups excluding carboxylic acids is 2. The van der Waals surface area contributed by atoms with E-state index in [-0.39, 0.29) is 22.4 Å². The van der Waals surface area contributed by atoms with Crippen LogP contribution in [0.4, 0.5) is 0 Å². The Kier molecular flexibility index (Phi) is 7.01. The second-order valence-electron chi connectivity index (χ2n) is 11.7. The number of allylic oxidation sites excluding steroid dienone is 4. The van der Waals surface area contributed by atoms with E-state index in [1.807, 2.05) is 18.2 Å². The van der Waals surface area contributed by atoms with Gasteiger partial charge in [-0.15, -0.1) is 0 Å². The molecule has 4 rings (SSSR count). The number of halogens is 1. The Morgan fingerprint density at radius 1 is 0.912 bits per heavy atom. The third-order valence-electron chi connectivity index (χ3n) is 7.12. The van der Waals surface area contributed by atoms with Crippen LogP contribution in [0.2, 0.25) is 5.02 Å². The lowest BCUT2D eigenvalue weighted by atomic mass is 9.65. The van der Waals surface area contributed by atoms with Gasteiger partial charge in [0.05, 0.1) is 12.5 Å². The fourth-order valence-electron chi connectivity index (χ4n) is 5.57. The lowest BCUT2D eigenvalue weighted by Gasteiger charge is -2.43. The topological polar surface area (TPSA) is 52.6 Å². The van der Waals surface area contributed by atoms with E-state index in [1.54, 1.807) is 0 Å². The molecule has 0 amide bonds. The van der Waals surface area contributed by atoms with Crippen LogP contribution in [0.3, 0.4) is 0 Å². The zero-order valence-corrected chi connectivity index (χ0v) is 21.9. The van der Waals surface area contributed by atoms with Crippen molar-refractivity contribution in [1.29, 1.82) is 0 Å². The van der Waals surface area contributed by atoms with Crippen molar-refractivity contribution in [3.63, 3.8) is 0 Å². The number of benzene rings is 1. The summed E-state index contributed by atoms with van der Waals surface area (Å²) in [6.45, 7) is 11.2. The van der Waals surface area contributed by atoms with Crippen LogP contribution >= 0.6 is 11.6 Å². The summed E-state index contributed by atoms with van der Waals surface area (Å²) in [4.78, 5) is 27.0. The molecule has 4 nitrogen and oxygen atoms in total. The maximum atomic E-state index is 13.5. The molecule has 0 saturated heterocycles. The van der Waals surface area contributed by atoms with Crippen LogP contribution < -0.4 is 4.74 Å². The van der Waals surface area contributed by atoms with Crippen molar-refractivity contribution in [2.75, 3.05) is 6.61 Å². The minimum Gasteiger partial charge on any atom is -0.493 e. The van der Waals surface area contributed by atoms with E-state index in [9.17, 15) is 9.59 Å². The lowest BCUT2D eigenvalue weighted by Crippen LogP contribution is -2.37. The summed E-state index contributed by atoms with van der Waals surface area (Å²) >= 11 is 6.46. The maximum absolute atomic E-state index is 13.5. The maximum Gasteiger partial charge on any atom is 0.163 e. The Hall–Kier alpha value is -2.07. The summed E-state index contributed by atoms with van der Waals surface area (Å²) in [5.41, 5.74) is 1.67. The summed E-state index contributed by atoms with van der Waals surface area (Å²) in [5.74, 6) is 1.73. The molecular weight excluding hydrogens is 448 g/mol. The highest BCUT2D eigenvalue weighted by molar-refractivity contribution is 6.30. The van der Waals surface area contributed by atoms with E-state index in [4.69, 9.17) is 21.1 Å². The molecule has 34 heavy (non-hydrogen) atoms. The van der Waals surface area contributed by atoms with Crippen molar-refractivity contribution < 1.29 is 19.1 Å². The van der Waals surface area contributed by atoms with Crippen LogP contribution in [0, 0.1) is 10.8 Å². The average molecular weight is 485 g/mol. The molecule has 0 N–H and O–H groups in total. The molecule has 1 aliphatic heterocycles. The summed E-state index contributed by atoms with van der Waals surface area (Å²) in [5, 5.41) is 0.566. The quantitative estimate of drug-likeness (QED) is 0.372. The van der Waals surface area contributed by atoms with Crippen LogP contribution in [0.1, 0.15) is 97.5 Å². The third-order valence-corrected chi connectivity index (χ3v) is 7.36. The molecule has 3 aliphatic rings. The van der Waals surface area contributed by atoms with Crippen LogP contribution in [0.25, 0.3) is 0 Å². The van der Waals surface area contributed by atoms with Crippen molar-refractivity contribution in [3.8, 4) is 5.75 Å². The second kappa shape index (κ2) is 9.53. The van der Waals surface area contributed by atoms with E-state index in [2.05, 4.69) is 34.6 Å². The first kappa shape index (κ1) is 25.0. The van der Waals surface area contributed by atoms with Gasteiger partial charge in [-0.05, 0) is 35.4 Å². The SMILES string of the molecule is CCCCCCOc1ccc(Cl)cc1C1C2=C(CC(C)(C)CC2=O)OC2=C1C(=O)CC(C)(C)C2. The molecule has 184 valence electrons. The first-order valence-corrected chi connectivity index (χ1v) is 13.0. The zero-order chi connectivity index (χ0) is 24.7. The van der Waals surface area contributed by atoms with Crippen LogP contribution in [-0.2, 0) is 14.3 Å². The van der Waals surface area contributed by atoms with E-state index in [1.165, 1.54) is 12.8 Å². The molecule has 0 aromatic heterocycles. The van der Waals surface area contributed by atoms with Crippen molar-refractivity contribution in [2.24, 2.45) is 10.8 Å². The molecular formula is C29H37ClO4. The molecule has 0 spiro atoms. The smallest absolute Gasteiger partial charge is 0.163 e.